The molecule has 1 radical (unpaired) electrons. The van der Waals surface area contributed by atoms with Gasteiger partial charge >= 0.3 is 0 Å². The summed E-state index contributed by atoms with van der Waals surface area (Å²) in [6.45, 7) is 16.7. The van der Waals surface area contributed by atoms with E-state index in [4.69, 9.17) is 14.6 Å². The van der Waals surface area contributed by atoms with Crippen molar-refractivity contribution in [3.05, 3.63) is 168 Å². The Bertz CT molecular complexity index is 3260. The molecule has 9 aromatic rings. The molecule has 0 aliphatic heterocycles. The molecule has 0 saturated carbocycles. The van der Waals surface area contributed by atoms with E-state index in [1.54, 1.807) is 12.3 Å². The standard InChI is InChI=1S/C37H31N2S.C19H26NSi.Ir/c1-23(2)29-21-27(25-12-6-5-7-13-25)22-30(24(3)4)36(29)39-33-16-10-9-15-32(33)38-37(39)26-18-19-35-31(20-26)28-14-8-11-17-34(28)40-35;1-14(2)11-17-12-18(16-9-7-15(3)8-10-16)20-13-19(17)21(4,5)6;/h5-17,19-24H,1-4H3;7-9,12-14H,11H2,1-6H3;/q2*-1;/i;3D3,7D,8D,11D2;. The Labute approximate surface area is 397 Å². The number of hydrogen-bond donors (Lipinski definition) is 0. The first kappa shape index (κ1) is 36.5. The number of para-hydroxylation sites is 2. The predicted octanol–water partition coefficient (Wildman–Crippen LogP) is 15.4. The van der Waals surface area contributed by atoms with Gasteiger partial charge < -0.3 is 9.55 Å². The normalized spacial score (nSPS) is 13.8. The maximum atomic E-state index is 8.60. The van der Waals surface area contributed by atoms with Crippen molar-refractivity contribution < 1.29 is 29.7 Å². The third-order valence-corrected chi connectivity index (χ3v) is 14.1. The van der Waals surface area contributed by atoms with E-state index < -0.39 is 21.3 Å². The van der Waals surface area contributed by atoms with E-state index in [1.807, 2.05) is 25.2 Å². The molecule has 9 rings (SSSR count). The van der Waals surface area contributed by atoms with Gasteiger partial charge in [0.2, 0.25) is 0 Å². The quantitative estimate of drug-likeness (QED) is 0.107. The van der Waals surface area contributed by atoms with E-state index >= 15 is 0 Å². The molecule has 0 fully saturated rings. The molecule has 6 aromatic carbocycles. The number of rotatable bonds is 9. The number of thiophene rings is 1. The van der Waals surface area contributed by atoms with Crippen LogP contribution in [0.5, 0.6) is 0 Å². The van der Waals surface area contributed by atoms with Crippen LogP contribution in [-0.4, -0.2) is 22.6 Å². The summed E-state index contributed by atoms with van der Waals surface area (Å²) in [5, 5.41) is 3.48. The summed E-state index contributed by atoms with van der Waals surface area (Å²) in [6.07, 6.45) is 0.120. The van der Waals surface area contributed by atoms with E-state index in [1.165, 1.54) is 54.2 Å². The zero-order chi connectivity index (χ0) is 49.0. The van der Waals surface area contributed by atoms with Gasteiger partial charge in [-0.1, -0.05) is 146 Å². The van der Waals surface area contributed by atoms with Crippen LogP contribution >= 0.6 is 11.3 Å². The molecule has 0 spiro atoms. The Kier molecular flexibility index (Phi) is 11.1. The van der Waals surface area contributed by atoms with Crippen LogP contribution in [-0.2, 0) is 26.5 Å². The van der Waals surface area contributed by atoms with Crippen molar-refractivity contribution in [1.29, 1.82) is 0 Å². The van der Waals surface area contributed by atoms with E-state index in [0.29, 0.717) is 28.7 Å². The van der Waals surface area contributed by atoms with Crippen molar-refractivity contribution in [2.75, 3.05) is 0 Å². The smallest absolute Gasteiger partial charge is 0.0798 e. The maximum Gasteiger partial charge on any atom is 0.0798 e. The summed E-state index contributed by atoms with van der Waals surface area (Å²) >= 11 is 1.82. The molecule has 0 amide bonds. The molecule has 0 unspecified atom stereocenters. The molecule has 0 N–H and O–H groups in total. The van der Waals surface area contributed by atoms with Gasteiger partial charge in [-0.3, -0.25) is 4.98 Å². The van der Waals surface area contributed by atoms with Gasteiger partial charge in [0.1, 0.15) is 0 Å². The molecule has 3 nitrogen and oxygen atoms in total. The first-order chi connectivity index (χ1) is 32.1. The molecule has 0 bridgehead atoms. The Morgan fingerprint density at radius 3 is 2.13 bits per heavy atom. The van der Waals surface area contributed by atoms with Gasteiger partial charge in [0.25, 0.3) is 0 Å². The summed E-state index contributed by atoms with van der Waals surface area (Å²) < 4.78 is 60.7. The van der Waals surface area contributed by atoms with Gasteiger partial charge in [0.05, 0.1) is 24.9 Å². The molecule has 62 heavy (non-hydrogen) atoms. The van der Waals surface area contributed by atoms with Gasteiger partial charge in [-0.25, -0.2) is 0 Å². The van der Waals surface area contributed by atoms with Crippen LogP contribution in [0.1, 0.15) is 85.2 Å². The molecule has 0 aliphatic rings. The van der Waals surface area contributed by atoms with Crippen molar-refractivity contribution >= 4 is 55.8 Å². The molecule has 0 atom stereocenters. The predicted molar refractivity (Wildman–Crippen MR) is 267 cm³/mol. The van der Waals surface area contributed by atoms with Crippen LogP contribution in [0, 0.1) is 24.9 Å². The number of imidazole rings is 1. The van der Waals surface area contributed by atoms with E-state index in [0.717, 1.165) is 27.6 Å². The van der Waals surface area contributed by atoms with Gasteiger partial charge in [-0.15, -0.1) is 59.1 Å². The Morgan fingerprint density at radius 2 is 1.45 bits per heavy atom. The summed E-state index contributed by atoms with van der Waals surface area (Å²) in [7, 11) is -1.87. The van der Waals surface area contributed by atoms with E-state index in [9.17, 15) is 0 Å². The second-order valence-electron chi connectivity index (χ2n) is 17.7. The molecule has 317 valence electrons. The number of fused-ring (bicyclic) bond motifs is 4. The summed E-state index contributed by atoms with van der Waals surface area (Å²) in [5.41, 5.74) is 10.5. The molecular formula is C56H57IrN3SSi-2. The van der Waals surface area contributed by atoms with Crippen LogP contribution in [0.25, 0.3) is 70.7 Å². The van der Waals surface area contributed by atoms with Crippen molar-refractivity contribution in [3.8, 4) is 39.5 Å². The number of pyridine rings is 1. The molecular weight excluding hydrogens is 967 g/mol. The minimum atomic E-state index is -2.56. The zero-order valence-electron chi connectivity index (χ0n) is 43.9. The van der Waals surface area contributed by atoms with Crippen molar-refractivity contribution in [1.82, 2.24) is 14.5 Å². The van der Waals surface area contributed by atoms with Crippen LogP contribution in [0.2, 0.25) is 19.6 Å². The number of benzene rings is 6. The first-order valence-corrected chi connectivity index (χ1v) is 25.5. The van der Waals surface area contributed by atoms with E-state index in [-0.39, 0.29) is 43.7 Å². The summed E-state index contributed by atoms with van der Waals surface area (Å²) in [4.78, 5) is 9.70. The van der Waals surface area contributed by atoms with Crippen LogP contribution in [0.3, 0.4) is 0 Å². The fraction of sp³-hybridized carbons (Fsp3) is 0.250. The van der Waals surface area contributed by atoms with Crippen LogP contribution < -0.4 is 5.19 Å². The summed E-state index contributed by atoms with van der Waals surface area (Å²) in [6, 6.07) is 45.8. The fourth-order valence-electron chi connectivity index (χ4n) is 7.96. The molecule has 6 heteroatoms. The second kappa shape index (κ2) is 18.8. The van der Waals surface area contributed by atoms with Crippen molar-refractivity contribution in [2.45, 2.75) is 86.2 Å². The third kappa shape index (κ3) is 9.36. The first-order valence-electron chi connectivity index (χ1n) is 24.7. The van der Waals surface area contributed by atoms with Gasteiger partial charge in [-0.2, -0.15) is 11.3 Å². The minimum absolute atomic E-state index is 0. The third-order valence-electron chi connectivity index (χ3n) is 11.0. The average Bonchev–Trinajstić information content (AvgIpc) is 3.86. The largest absolute Gasteiger partial charge is 0.333 e. The molecule has 3 aromatic heterocycles. The maximum absolute atomic E-state index is 8.60. The number of aromatic nitrogens is 3. The molecule has 3 heterocycles. The van der Waals surface area contributed by atoms with Gasteiger partial charge in [0.15, 0.2) is 0 Å². The summed E-state index contributed by atoms with van der Waals surface area (Å²) in [5.74, 6) is 1.35. The number of hydrogen-bond acceptors (Lipinski definition) is 3. The van der Waals surface area contributed by atoms with Crippen molar-refractivity contribution in [2.24, 2.45) is 5.92 Å². The van der Waals surface area contributed by atoms with Gasteiger partial charge in [0, 0.05) is 46.3 Å². The van der Waals surface area contributed by atoms with Crippen LogP contribution in [0.15, 0.2) is 134 Å². The Balaban J connectivity index is 0.000000215. The Hall–Kier alpha value is -4.97. The number of nitrogens with zero attached hydrogens (tertiary/aromatic N) is 3. The fourth-order valence-corrected chi connectivity index (χ4v) is 10.4. The van der Waals surface area contributed by atoms with Crippen LogP contribution in [0.4, 0.5) is 0 Å². The monoisotopic (exact) mass is 1030 g/mol. The second-order valence-corrected chi connectivity index (χ2v) is 23.8. The topological polar surface area (TPSA) is 30.7 Å². The van der Waals surface area contributed by atoms with Gasteiger partial charge in [-0.05, 0) is 97.7 Å². The zero-order valence-corrected chi connectivity index (χ0v) is 41.1. The SMILES string of the molecule is CC(C)c1cc(-c2ccccc2)cc(C(C)C)c1-n1c(-c2[c-]cc3sc4ccccc4c3c2)nc2ccccc21.[2H]c1[c-]c(-c2cc(C([2H])([2H])C(C)C)c([Si](C)(C)C)cn2)cc([2H])c1C([2H])([2H])[2H].[Ir]. The van der Waals surface area contributed by atoms with E-state index in [2.05, 4.69) is 172 Å². The molecule has 0 saturated heterocycles. The Morgan fingerprint density at radius 1 is 0.758 bits per heavy atom. The van der Waals surface area contributed by atoms with Crippen molar-refractivity contribution in [3.63, 3.8) is 0 Å². The molecule has 0 aliphatic carbocycles. The minimum Gasteiger partial charge on any atom is -0.333 e. The average molecular weight is 1030 g/mol.